The van der Waals surface area contributed by atoms with Gasteiger partial charge in [0.05, 0.1) is 23.6 Å². The van der Waals surface area contributed by atoms with Gasteiger partial charge in [-0.25, -0.2) is 17.2 Å². The summed E-state index contributed by atoms with van der Waals surface area (Å²) in [6.07, 6.45) is 4.23. The van der Waals surface area contributed by atoms with Gasteiger partial charge in [0, 0.05) is 24.5 Å². The first-order valence-electron chi connectivity index (χ1n) is 17.1. The predicted octanol–water partition coefficient (Wildman–Crippen LogP) is 7.28. The zero-order valence-corrected chi connectivity index (χ0v) is 29.1. The second-order valence-corrected chi connectivity index (χ2v) is 15.9. The highest BCUT2D eigenvalue weighted by molar-refractivity contribution is 7.89. The minimum Gasteiger partial charge on any atom is -0.490 e. The Morgan fingerprint density at radius 2 is 1.40 bits per heavy atom. The lowest BCUT2D eigenvalue weighted by atomic mass is 9.97. The minimum absolute atomic E-state index is 0.000566. The lowest BCUT2D eigenvalue weighted by Crippen LogP contribution is -2.62. The molecule has 0 aromatic heterocycles. The number of fused-ring (bicyclic) bond motifs is 1. The van der Waals surface area contributed by atoms with E-state index >= 15 is 0 Å². The summed E-state index contributed by atoms with van der Waals surface area (Å²) in [6.45, 7) is -0.878. The Morgan fingerprint density at radius 3 is 2.10 bits per heavy atom. The van der Waals surface area contributed by atoms with E-state index < -0.39 is 46.6 Å². The molecule has 3 atom stereocenters. The average molecular weight is 724 g/mol. The Balaban J connectivity index is 1.13. The number of benzene rings is 4. The number of alkyl halides is 2. The van der Waals surface area contributed by atoms with E-state index in [1.165, 1.54) is 6.07 Å². The van der Waals surface area contributed by atoms with E-state index in [1.54, 1.807) is 12.1 Å². The van der Waals surface area contributed by atoms with Crippen LogP contribution in [0.2, 0.25) is 5.02 Å². The van der Waals surface area contributed by atoms with Gasteiger partial charge >= 0.3 is 0 Å². The highest BCUT2D eigenvalue weighted by Crippen LogP contribution is 2.34. The molecule has 1 aliphatic carbocycles. The smallest absolute Gasteiger partial charge is 0.280 e. The number of likely N-dealkylation sites (tertiary alicyclic amines) is 1. The molecule has 1 saturated carbocycles. The van der Waals surface area contributed by atoms with Crippen LogP contribution in [0.3, 0.4) is 0 Å². The molecule has 3 fully saturated rings. The summed E-state index contributed by atoms with van der Waals surface area (Å²) in [5.74, 6) is -2.67. The first-order valence-corrected chi connectivity index (χ1v) is 19.0. The second-order valence-electron chi connectivity index (χ2n) is 13.5. The number of sulfonamides is 1. The van der Waals surface area contributed by atoms with Gasteiger partial charge in [-0.05, 0) is 109 Å². The molecule has 0 spiro atoms. The van der Waals surface area contributed by atoms with Crippen molar-refractivity contribution in [3.8, 4) is 22.6 Å². The highest BCUT2D eigenvalue weighted by atomic mass is 35.5. The number of carbonyl (C=O) groups is 1. The van der Waals surface area contributed by atoms with Crippen molar-refractivity contribution >= 4 is 38.3 Å². The Labute approximate surface area is 296 Å². The molecule has 4 aromatic carbocycles. The Bertz CT molecular complexity index is 1960. The van der Waals surface area contributed by atoms with Crippen LogP contribution < -0.4 is 15.2 Å². The van der Waals surface area contributed by atoms with Gasteiger partial charge in [0.25, 0.3) is 5.92 Å². The SMILES string of the molecule is N[C@H]1CCN(C(=O)[C@H]2C[C@H](Oc3ccc(-c4ccc(Cl)cc4)cc3)CCN2S(=O)(=O)c2ccc3cc(OC4CCCC4)ccc3c2)CC1(F)F. The molecule has 12 heteroatoms. The number of amides is 1. The van der Waals surface area contributed by atoms with Crippen LogP contribution in [0.5, 0.6) is 11.5 Å². The summed E-state index contributed by atoms with van der Waals surface area (Å²) in [7, 11) is -4.21. The molecule has 0 unspecified atom stereocenters. The van der Waals surface area contributed by atoms with Gasteiger partial charge in [-0.15, -0.1) is 0 Å². The normalized spacial score (nSPS) is 23.2. The molecule has 2 saturated heterocycles. The second kappa shape index (κ2) is 14.1. The number of nitrogens with two attached hydrogens (primary N) is 1. The Morgan fingerprint density at radius 1 is 0.780 bits per heavy atom. The topological polar surface area (TPSA) is 102 Å². The first-order chi connectivity index (χ1) is 24.0. The number of hydrogen-bond donors (Lipinski definition) is 1. The van der Waals surface area contributed by atoms with Crippen molar-refractivity contribution in [2.24, 2.45) is 5.73 Å². The van der Waals surface area contributed by atoms with Gasteiger partial charge < -0.3 is 20.1 Å². The van der Waals surface area contributed by atoms with Crippen molar-refractivity contribution in [3.05, 3.63) is 90.0 Å². The van der Waals surface area contributed by atoms with Crippen LogP contribution in [0, 0.1) is 0 Å². The zero-order valence-electron chi connectivity index (χ0n) is 27.5. The molecule has 8 nitrogen and oxygen atoms in total. The lowest BCUT2D eigenvalue weighted by molar-refractivity contribution is -0.149. The number of ether oxygens (including phenoxy) is 2. The van der Waals surface area contributed by atoms with Crippen molar-refractivity contribution in [1.82, 2.24) is 9.21 Å². The van der Waals surface area contributed by atoms with E-state index in [2.05, 4.69) is 0 Å². The average Bonchev–Trinajstić information content (AvgIpc) is 3.62. The molecule has 0 radical (unpaired) electrons. The van der Waals surface area contributed by atoms with E-state index in [-0.39, 0.29) is 36.9 Å². The summed E-state index contributed by atoms with van der Waals surface area (Å²) in [5, 5.41) is 2.17. The van der Waals surface area contributed by atoms with E-state index in [9.17, 15) is 22.0 Å². The molecule has 3 aliphatic rings. The summed E-state index contributed by atoms with van der Waals surface area (Å²) in [5.41, 5.74) is 7.60. The van der Waals surface area contributed by atoms with Gasteiger partial charge in [-0.3, -0.25) is 4.79 Å². The molecule has 2 heterocycles. The molecular weight excluding hydrogens is 684 g/mol. The number of halogens is 3. The fourth-order valence-corrected chi connectivity index (χ4v) is 8.99. The largest absolute Gasteiger partial charge is 0.490 e. The Hall–Kier alpha value is -3.77. The van der Waals surface area contributed by atoms with Crippen molar-refractivity contribution in [3.63, 3.8) is 0 Å². The van der Waals surface area contributed by atoms with Gasteiger partial charge in [0.2, 0.25) is 15.9 Å². The number of carbonyl (C=O) groups excluding carboxylic acids is 1. The third-order valence-corrected chi connectivity index (χ3v) is 12.2. The maximum Gasteiger partial charge on any atom is 0.280 e. The zero-order chi connectivity index (χ0) is 35.0. The van der Waals surface area contributed by atoms with E-state index in [0.717, 1.165) is 57.2 Å². The fourth-order valence-electron chi connectivity index (χ4n) is 7.22. The molecule has 50 heavy (non-hydrogen) atoms. The Kier molecular flexibility index (Phi) is 9.77. The standard InChI is InChI=1S/C38H40ClF2N3O5S/c39-29-11-5-25(6-12-29)26-7-13-31(14-8-26)49-33-17-20-44(35(23-33)37(45)43-19-18-36(42)38(40,41)24-43)50(46,47)34-16-10-27-21-32(15-9-28(27)22-34)48-30-3-1-2-4-30/h5-16,21-22,30,33,35-36H,1-4,17-20,23-24,42H2/t33-,35-,36+/m1/s1. The van der Waals surface area contributed by atoms with Crippen LogP contribution in [0.15, 0.2) is 89.8 Å². The van der Waals surface area contributed by atoms with Crippen molar-refractivity contribution < 1.29 is 31.5 Å². The van der Waals surface area contributed by atoms with Crippen LogP contribution in [0.1, 0.15) is 44.9 Å². The number of rotatable bonds is 8. The van der Waals surface area contributed by atoms with Crippen LogP contribution in [-0.4, -0.2) is 73.4 Å². The van der Waals surface area contributed by atoms with Gasteiger partial charge in [-0.2, -0.15) is 4.31 Å². The van der Waals surface area contributed by atoms with E-state index in [1.807, 2.05) is 66.7 Å². The highest BCUT2D eigenvalue weighted by Gasteiger charge is 2.48. The molecule has 0 bridgehead atoms. The summed E-state index contributed by atoms with van der Waals surface area (Å²) in [4.78, 5) is 15.1. The number of hydrogen-bond acceptors (Lipinski definition) is 6. The summed E-state index contributed by atoms with van der Waals surface area (Å²) in [6, 6.07) is 22.7. The summed E-state index contributed by atoms with van der Waals surface area (Å²) >= 11 is 6.03. The third-order valence-electron chi connectivity index (χ3n) is 10.1. The monoisotopic (exact) mass is 723 g/mol. The van der Waals surface area contributed by atoms with E-state index in [4.69, 9.17) is 26.8 Å². The maximum absolute atomic E-state index is 14.7. The predicted molar refractivity (Wildman–Crippen MR) is 189 cm³/mol. The number of piperidine rings is 2. The van der Waals surface area contributed by atoms with Gasteiger partial charge in [0.1, 0.15) is 23.6 Å². The summed E-state index contributed by atoms with van der Waals surface area (Å²) < 4.78 is 71.5. The van der Waals surface area contributed by atoms with Crippen LogP contribution in [-0.2, 0) is 14.8 Å². The molecule has 264 valence electrons. The molecule has 7 rings (SSSR count). The first kappa shape index (κ1) is 34.7. The molecular formula is C38H40ClF2N3O5S. The van der Waals surface area contributed by atoms with Crippen molar-refractivity contribution in [2.75, 3.05) is 19.6 Å². The van der Waals surface area contributed by atoms with Crippen LogP contribution in [0.25, 0.3) is 21.9 Å². The molecule has 2 N–H and O–H groups in total. The third kappa shape index (κ3) is 7.32. The molecule has 4 aromatic rings. The van der Waals surface area contributed by atoms with Crippen molar-refractivity contribution in [1.29, 1.82) is 0 Å². The molecule has 2 aliphatic heterocycles. The van der Waals surface area contributed by atoms with E-state index in [0.29, 0.717) is 22.6 Å². The fraction of sp³-hybridized carbons (Fsp3) is 0.395. The minimum atomic E-state index is -4.21. The number of nitrogens with zero attached hydrogens (tertiary/aromatic N) is 2. The quantitative estimate of drug-likeness (QED) is 0.205. The van der Waals surface area contributed by atoms with Crippen LogP contribution >= 0.6 is 11.6 Å². The van der Waals surface area contributed by atoms with Gasteiger partial charge in [-0.1, -0.05) is 48.0 Å². The maximum atomic E-state index is 14.7. The lowest BCUT2D eigenvalue weighted by Gasteiger charge is -2.42. The van der Waals surface area contributed by atoms with Crippen molar-refractivity contribution in [2.45, 2.75) is 80.1 Å². The van der Waals surface area contributed by atoms with Crippen LogP contribution in [0.4, 0.5) is 8.78 Å². The van der Waals surface area contributed by atoms with Gasteiger partial charge in [0.15, 0.2) is 0 Å². The molecule has 1 amide bonds.